The van der Waals surface area contributed by atoms with Gasteiger partial charge in [0.05, 0.1) is 6.01 Å². The van der Waals surface area contributed by atoms with Crippen molar-refractivity contribution in [2.24, 2.45) is 4.99 Å². The van der Waals surface area contributed by atoms with E-state index in [4.69, 9.17) is 10.2 Å². The lowest BCUT2D eigenvalue weighted by Gasteiger charge is -1.42. The van der Waals surface area contributed by atoms with Crippen LogP contribution in [-0.2, 0) is 4.79 Å². The first-order valence-corrected chi connectivity index (χ1v) is 0.968. The van der Waals surface area contributed by atoms with E-state index in [9.17, 15) is 0 Å². The molecular formula is C2H2N2O. The van der Waals surface area contributed by atoms with E-state index in [0.717, 1.165) is 0 Å². The Morgan fingerprint density at radius 3 is 2.60 bits per heavy atom. The number of aliphatic imine (C=N–C) groups is 1. The monoisotopic (exact) mass is 70.0 g/mol. The van der Waals surface area contributed by atoms with Gasteiger partial charge in [-0.15, -0.1) is 0 Å². The highest BCUT2D eigenvalue weighted by atomic mass is 16.1. The molecule has 3 nitrogen and oxygen atoms in total. The highest BCUT2D eigenvalue weighted by molar-refractivity contribution is 5.59. The average Bonchev–Trinajstić information content (AvgIpc) is 1.41. The maximum Gasteiger partial charge on any atom is 0.242 e. The van der Waals surface area contributed by atoms with Crippen LogP contribution in [0.2, 0.25) is 0 Å². The number of nitrogens with zero attached hydrogens (tertiary/aromatic N) is 1. The van der Waals surface area contributed by atoms with Gasteiger partial charge in [0.1, 0.15) is 0 Å². The molecule has 0 aliphatic heterocycles. The zero-order valence-electron chi connectivity index (χ0n) is 2.43. The largest absolute Gasteiger partial charge is 0.276 e. The Balaban J connectivity index is 3.31. The molecule has 0 rings (SSSR count). The minimum absolute atomic E-state index is 0.257. The van der Waals surface area contributed by atoms with Crippen LogP contribution in [0.1, 0.15) is 0 Å². The average molecular weight is 70.1 g/mol. The maximum atomic E-state index is 9.06. The van der Waals surface area contributed by atoms with E-state index < -0.39 is 0 Å². The van der Waals surface area contributed by atoms with Gasteiger partial charge in [0.15, 0.2) is 0 Å². The van der Waals surface area contributed by atoms with Gasteiger partial charge in [0.2, 0.25) is 6.41 Å². The van der Waals surface area contributed by atoms with E-state index in [1.165, 1.54) is 6.01 Å². The number of hydrogen-bond donors (Lipinski definition) is 1. The molecular weight excluding hydrogens is 68.0 g/mol. The van der Waals surface area contributed by atoms with Crippen LogP contribution in [0.4, 0.5) is 0 Å². The van der Waals surface area contributed by atoms with Gasteiger partial charge in [-0.3, -0.25) is 4.79 Å². The molecule has 0 spiro atoms. The summed E-state index contributed by atoms with van der Waals surface area (Å²) in [4.78, 5) is 11.8. The zero-order chi connectivity index (χ0) is 4.12. The molecule has 0 radical (unpaired) electrons. The Morgan fingerprint density at radius 2 is 2.60 bits per heavy atom. The number of nitrogens with one attached hydrogen (secondary N) is 1. The van der Waals surface area contributed by atoms with Crippen molar-refractivity contribution < 1.29 is 4.79 Å². The molecule has 1 N–H and O–H groups in total. The molecule has 0 fully saturated rings. The smallest absolute Gasteiger partial charge is 0.242 e. The molecule has 0 aromatic carbocycles. The van der Waals surface area contributed by atoms with Gasteiger partial charge in [0, 0.05) is 0 Å². The van der Waals surface area contributed by atoms with Crippen molar-refractivity contribution in [1.29, 1.82) is 5.41 Å². The van der Waals surface area contributed by atoms with Crippen molar-refractivity contribution in [3.05, 3.63) is 0 Å². The van der Waals surface area contributed by atoms with E-state index in [2.05, 4.69) is 4.99 Å². The normalized spacial score (nSPS) is 4.80. The Bertz CT molecular complexity index is 71.7. The minimum Gasteiger partial charge on any atom is -0.276 e. The van der Waals surface area contributed by atoms with Crippen molar-refractivity contribution in [3.8, 4) is 0 Å². The molecule has 0 saturated heterocycles. The molecule has 5 heavy (non-hydrogen) atoms. The van der Waals surface area contributed by atoms with E-state index >= 15 is 0 Å². The van der Waals surface area contributed by atoms with E-state index in [0.29, 0.717) is 0 Å². The van der Waals surface area contributed by atoms with Gasteiger partial charge in [-0.2, -0.15) is 4.99 Å². The predicted octanol–water partition coefficient (Wildman–Crippen LogP) is -0.105. The van der Waals surface area contributed by atoms with Crippen LogP contribution in [0, 0.1) is 5.41 Å². The fraction of sp³-hybridized carbons (Fsp3) is 0. The Morgan fingerprint density at radius 1 is 2.00 bits per heavy atom. The summed E-state index contributed by atoms with van der Waals surface area (Å²) in [5.74, 6) is 0. The van der Waals surface area contributed by atoms with Gasteiger partial charge in [-0.25, -0.2) is 5.41 Å². The second kappa shape index (κ2) is 3.05. The number of amides is 1. The van der Waals surface area contributed by atoms with E-state index in [1.54, 1.807) is 0 Å². The van der Waals surface area contributed by atoms with Crippen LogP contribution in [-0.4, -0.2) is 12.4 Å². The SMILES string of the molecule is N=C=NC=O. The summed E-state index contributed by atoms with van der Waals surface area (Å²) in [5.41, 5.74) is 0. The van der Waals surface area contributed by atoms with Gasteiger partial charge in [0.25, 0.3) is 0 Å². The molecule has 0 aliphatic carbocycles. The summed E-state index contributed by atoms with van der Waals surface area (Å²) >= 11 is 0. The fourth-order valence-corrected chi connectivity index (χ4v) is 0.0264. The van der Waals surface area contributed by atoms with Crippen LogP contribution in [0.15, 0.2) is 4.99 Å². The van der Waals surface area contributed by atoms with Crippen molar-refractivity contribution in [2.45, 2.75) is 0 Å². The Labute approximate surface area is 28.8 Å². The number of carbonyl (C=O) groups is 1. The zero-order valence-corrected chi connectivity index (χ0v) is 2.43. The second-order valence-corrected chi connectivity index (χ2v) is 0.346. The standard InChI is InChI=1S/C2H2N2O/c3-1-4-2-5/h2-3H. The molecule has 1 amide bonds. The summed E-state index contributed by atoms with van der Waals surface area (Å²) in [6, 6.07) is 1.52. The van der Waals surface area contributed by atoms with Gasteiger partial charge in [-0.05, 0) is 0 Å². The second-order valence-electron chi connectivity index (χ2n) is 0.346. The molecule has 0 aromatic rings. The third-order valence-electron chi connectivity index (χ3n) is 0.117. The van der Waals surface area contributed by atoms with Gasteiger partial charge >= 0.3 is 0 Å². The van der Waals surface area contributed by atoms with Crippen molar-refractivity contribution in [3.63, 3.8) is 0 Å². The van der Waals surface area contributed by atoms with E-state index in [1.807, 2.05) is 0 Å². The molecule has 0 aliphatic rings. The third kappa shape index (κ3) is 3.05. The number of carbonyl (C=O) groups excluding carboxylic acids is 1. The van der Waals surface area contributed by atoms with Crippen molar-refractivity contribution >= 4 is 12.4 Å². The van der Waals surface area contributed by atoms with Gasteiger partial charge in [-0.1, -0.05) is 0 Å². The van der Waals surface area contributed by atoms with Crippen molar-refractivity contribution in [2.75, 3.05) is 0 Å². The topological polar surface area (TPSA) is 53.3 Å². The molecule has 3 heteroatoms. The summed E-state index contributed by atoms with van der Waals surface area (Å²) in [6.07, 6.45) is 0.257. The molecule has 0 heterocycles. The van der Waals surface area contributed by atoms with Crippen LogP contribution in [0.25, 0.3) is 0 Å². The lowest BCUT2D eigenvalue weighted by molar-refractivity contribution is -0.106. The molecule has 0 aromatic heterocycles. The molecule has 26 valence electrons. The van der Waals surface area contributed by atoms with Gasteiger partial charge < -0.3 is 0 Å². The maximum absolute atomic E-state index is 9.06. The molecule has 0 unspecified atom stereocenters. The number of rotatable bonds is 1. The van der Waals surface area contributed by atoms with Crippen LogP contribution < -0.4 is 0 Å². The molecule has 0 atom stereocenters. The summed E-state index contributed by atoms with van der Waals surface area (Å²) in [7, 11) is 0. The minimum atomic E-state index is 0.257. The Hall–Kier alpha value is -0.950. The fourth-order valence-electron chi connectivity index (χ4n) is 0.0264. The molecule has 0 bridgehead atoms. The highest BCUT2D eigenvalue weighted by Crippen LogP contribution is 1.36. The van der Waals surface area contributed by atoms with Crippen LogP contribution in [0.3, 0.4) is 0 Å². The van der Waals surface area contributed by atoms with Crippen LogP contribution in [0.5, 0.6) is 0 Å². The predicted molar refractivity (Wildman–Crippen MR) is 16.2 cm³/mol. The highest BCUT2D eigenvalue weighted by Gasteiger charge is 1.44. The summed E-state index contributed by atoms with van der Waals surface area (Å²) < 4.78 is 0. The quantitative estimate of drug-likeness (QED) is 0.340. The van der Waals surface area contributed by atoms with E-state index in [-0.39, 0.29) is 6.41 Å². The summed E-state index contributed by atoms with van der Waals surface area (Å²) in [5, 5.41) is 5.95. The first-order valence-electron chi connectivity index (χ1n) is 0.968. The molecule has 0 saturated carbocycles. The summed E-state index contributed by atoms with van der Waals surface area (Å²) in [6.45, 7) is 0. The number of hydrogen-bond acceptors (Lipinski definition) is 2. The first-order chi connectivity index (χ1) is 2.41. The van der Waals surface area contributed by atoms with Crippen LogP contribution >= 0.6 is 0 Å². The lowest BCUT2D eigenvalue weighted by Crippen LogP contribution is -1.51. The first kappa shape index (κ1) is 4.05. The third-order valence-corrected chi connectivity index (χ3v) is 0.117. The van der Waals surface area contributed by atoms with Crippen molar-refractivity contribution in [1.82, 2.24) is 0 Å². The lowest BCUT2D eigenvalue weighted by atomic mass is 11.3. The Kier molecular flexibility index (Phi) is 2.47.